The van der Waals surface area contributed by atoms with E-state index in [1.54, 1.807) is 0 Å². The van der Waals surface area contributed by atoms with Gasteiger partial charge in [0.15, 0.2) is 0 Å². The summed E-state index contributed by atoms with van der Waals surface area (Å²) in [6.07, 6.45) is 0. The molecule has 1 atom stereocenters. The van der Waals surface area contributed by atoms with Crippen molar-refractivity contribution < 1.29 is 0 Å². The minimum absolute atomic E-state index is 0.707. The van der Waals surface area contributed by atoms with Gasteiger partial charge in [0.1, 0.15) is 0 Å². The Hall–Kier alpha value is -0.380. The molecule has 0 radical (unpaired) electrons. The van der Waals surface area contributed by atoms with Gasteiger partial charge in [-0.3, -0.25) is 0 Å². The highest BCUT2D eigenvalue weighted by atomic mass is 32.1. The molecule has 0 aliphatic carbocycles. The van der Waals surface area contributed by atoms with Crippen LogP contribution >= 0.6 is 11.3 Å². The lowest BCUT2D eigenvalue weighted by atomic mass is 10.1. The van der Waals surface area contributed by atoms with E-state index in [1.165, 1.54) is 4.88 Å². The molecule has 0 fully saturated rings. The van der Waals surface area contributed by atoms with Crippen LogP contribution < -0.4 is 5.32 Å². The standard InChI is InChI=1S/C14H26N2S/c1-12(2)8-15-9-13(3)10-16(4)11-14-6-5-7-17-14/h5-7,12-13,15H,8-11H2,1-4H3. The van der Waals surface area contributed by atoms with Crippen LogP contribution in [0, 0.1) is 11.8 Å². The third kappa shape index (κ3) is 6.81. The zero-order chi connectivity index (χ0) is 12.7. The van der Waals surface area contributed by atoms with Crippen molar-refractivity contribution in [1.29, 1.82) is 0 Å². The molecule has 0 bridgehead atoms. The van der Waals surface area contributed by atoms with Crippen LogP contribution in [0.1, 0.15) is 25.6 Å². The van der Waals surface area contributed by atoms with Crippen LogP contribution in [0.2, 0.25) is 0 Å². The van der Waals surface area contributed by atoms with Crippen molar-refractivity contribution in [1.82, 2.24) is 10.2 Å². The van der Waals surface area contributed by atoms with E-state index in [4.69, 9.17) is 0 Å². The van der Waals surface area contributed by atoms with Gasteiger partial charge in [-0.1, -0.05) is 26.8 Å². The van der Waals surface area contributed by atoms with E-state index < -0.39 is 0 Å². The molecule has 3 heteroatoms. The predicted octanol–water partition coefficient (Wildman–Crippen LogP) is 3.06. The van der Waals surface area contributed by atoms with Gasteiger partial charge in [-0.15, -0.1) is 11.3 Å². The predicted molar refractivity (Wildman–Crippen MR) is 77.5 cm³/mol. The summed E-state index contributed by atoms with van der Waals surface area (Å²) in [6.45, 7) is 11.3. The van der Waals surface area contributed by atoms with Crippen LogP contribution in [0.4, 0.5) is 0 Å². The second kappa shape index (κ2) is 7.85. The summed E-state index contributed by atoms with van der Waals surface area (Å²) >= 11 is 1.84. The van der Waals surface area contributed by atoms with E-state index in [1.807, 2.05) is 11.3 Å². The largest absolute Gasteiger partial charge is 0.316 e. The molecule has 2 nitrogen and oxygen atoms in total. The molecule has 0 aliphatic rings. The molecule has 1 heterocycles. The number of hydrogen-bond donors (Lipinski definition) is 1. The normalized spacial score (nSPS) is 13.5. The van der Waals surface area contributed by atoms with Crippen molar-refractivity contribution >= 4 is 11.3 Å². The highest BCUT2D eigenvalue weighted by Crippen LogP contribution is 2.11. The summed E-state index contributed by atoms with van der Waals surface area (Å²) in [5, 5.41) is 5.67. The van der Waals surface area contributed by atoms with Gasteiger partial charge in [-0.25, -0.2) is 0 Å². The van der Waals surface area contributed by atoms with Gasteiger partial charge < -0.3 is 10.2 Å². The zero-order valence-electron chi connectivity index (χ0n) is 11.6. The molecule has 17 heavy (non-hydrogen) atoms. The van der Waals surface area contributed by atoms with Crippen LogP contribution in [-0.2, 0) is 6.54 Å². The van der Waals surface area contributed by atoms with Gasteiger partial charge >= 0.3 is 0 Å². The van der Waals surface area contributed by atoms with Crippen molar-refractivity contribution in [2.45, 2.75) is 27.3 Å². The summed E-state index contributed by atoms with van der Waals surface area (Å²) in [7, 11) is 2.21. The van der Waals surface area contributed by atoms with Crippen LogP contribution in [0.5, 0.6) is 0 Å². The molecule has 0 spiro atoms. The molecule has 0 aliphatic heterocycles. The molecular weight excluding hydrogens is 228 g/mol. The first-order valence-electron chi connectivity index (χ1n) is 6.49. The fourth-order valence-corrected chi connectivity index (χ4v) is 2.73. The van der Waals surface area contributed by atoms with E-state index in [0.717, 1.165) is 32.1 Å². The number of thiophene rings is 1. The first-order valence-corrected chi connectivity index (χ1v) is 7.37. The Morgan fingerprint density at radius 3 is 2.65 bits per heavy atom. The third-order valence-corrected chi connectivity index (χ3v) is 3.54. The fraction of sp³-hybridized carbons (Fsp3) is 0.714. The van der Waals surface area contributed by atoms with Crippen LogP contribution in [0.3, 0.4) is 0 Å². The zero-order valence-corrected chi connectivity index (χ0v) is 12.4. The maximum atomic E-state index is 3.52. The first-order chi connectivity index (χ1) is 8.08. The van der Waals surface area contributed by atoms with Crippen molar-refractivity contribution in [2.24, 2.45) is 11.8 Å². The highest BCUT2D eigenvalue weighted by molar-refractivity contribution is 7.09. The molecule has 0 saturated heterocycles. The lowest BCUT2D eigenvalue weighted by molar-refractivity contribution is 0.274. The highest BCUT2D eigenvalue weighted by Gasteiger charge is 2.07. The summed E-state index contributed by atoms with van der Waals surface area (Å²) < 4.78 is 0. The third-order valence-electron chi connectivity index (χ3n) is 2.67. The summed E-state index contributed by atoms with van der Waals surface area (Å²) in [6, 6.07) is 4.34. The van der Waals surface area contributed by atoms with E-state index in [9.17, 15) is 0 Å². The van der Waals surface area contributed by atoms with Gasteiger partial charge in [0.2, 0.25) is 0 Å². The van der Waals surface area contributed by atoms with Crippen molar-refractivity contribution in [3.63, 3.8) is 0 Å². The topological polar surface area (TPSA) is 15.3 Å². The van der Waals surface area contributed by atoms with Gasteiger partial charge in [0, 0.05) is 18.0 Å². The molecule has 1 aromatic rings. The molecule has 1 unspecified atom stereocenters. The van der Waals surface area contributed by atoms with Crippen molar-refractivity contribution in [3.8, 4) is 0 Å². The van der Waals surface area contributed by atoms with E-state index in [-0.39, 0.29) is 0 Å². The fourth-order valence-electron chi connectivity index (χ4n) is 1.95. The molecule has 1 aromatic heterocycles. The van der Waals surface area contributed by atoms with Crippen LogP contribution in [0.15, 0.2) is 17.5 Å². The smallest absolute Gasteiger partial charge is 0.0324 e. The monoisotopic (exact) mass is 254 g/mol. The van der Waals surface area contributed by atoms with Crippen molar-refractivity contribution in [2.75, 3.05) is 26.7 Å². The Balaban J connectivity index is 2.14. The summed E-state index contributed by atoms with van der Waals surface area (Å²) in [5.41, 5.74) is 0. The second-order valence-corrected chi connectivity index (χ2v) is 6.47. The molecule has 0 amide bonds. The molecule has 98 valence electrons. The van der Waals surface area contributed by atoms with Gasteiger partial charge in [-0.2, -0.15) is 0 Å². The summed E-state index contributed by atoms with van der Waals surface area (Å²) in [5.74, 6) is 1.45. The molecule has 1 N–H and O–H groups in total. The number of nitrogens with one attached hydrogen (secondary N) is 1. The Kier molecular flexibility index (Phi) is 6.78. The Morgan fingerprint density at radius 2 is 2.06 bits per heavy atom. The maximum Gasteiger partial charge on any atom is 0.0324 e. The van der Waals surface area contributed by atoms with Gasteiger partial charge in [-0.05, 0) is 43.4 Å². The van der Waals surface area contributed by atoms with E-state index in [2.05, 4.69) is 55.5 Å². The van der Waals surface area contributed by atoms with Crippen molar-refractivity contribution in [3.05, 3.63) is 22.4 Å². The lowest BCUT2D eigenvalue weighted by Crippen LogP contribution is -2.32. The van der Waals surface area contributed by atoms with Crippen LogP contribution in [-0.4, -0.2) is 31.6 Å². The summed E-state index contributed by atoms with van der Waals surface area (Å²) in [4.78, 5) is 3.86. The average Bonchev–Trinajstić information content (AvgIpc) is 2.69. The minimum atomic E-state index is 0.707. The minimum Gasteiger partial charge on any atom is -0.316 e. The molecule has 0 saturated carbocycles. The van der Waals surface area contributed by atoms with Gasteiger partial charge in [0.25, 0.3) is 0 Å². The van der Waals surface area contributed by atoms with E-state index >= 15 is 0 Å². The molecular formula is C14H26N2S. The SMILES string of the molecule is CC(C)CNCC(C)CN(C)Cc1cccs1. The second-order valence-electron chi connectivity index (χ2n) is 5.43. The average molecular weight is 254 g/mol. The van der Waals surface area contributed by atoms with Gasteiger partial charge in [0.05, 0.1) is 0 Å². The Labute approximate surface area is 110 Å². The number of rotatable bonds is 8. The first kappa shape index (κ1) is 14.7. The van der Waals surface area contributed by atoms with E-state index in [0.29, 0.717) is 5.92 Å². The number of hydrogen-bond acceptors (Lipinski definition) is 3. The Morgan fingerprint density at radius 1 is 1.29 bits per heavy atom. The Bertz CT molecular complexity index is 282. The lowest BCUT2D eigenvalue weighted by Gasteiger charge is -2.21. The quantitative estimate of drug-likeness (QED) is 0.767. The maximum absolute atomic E-state index is 3.52. The molecule has 1 rings (SSSR count). The molecule has 0 aromatic carbocycles. The van der Waals surface area contributed by atoms with Crippen LogP contribution in [0.25, 0.3) is 0 Å². The number of nitrogens with zero attached hydrogens (tertiary/aromatic N) is 1.